The van der Waals surface area contributed by atoms with E-state index in [1.54, 1.807) is 0 Å². The molecular formula is C5H9NO6. The smallest absolute Gasteiger partial charge is 0.450 e. The first kappa shape index (κ1) is 10.5. The Bertz CT molecular complexity index is 169. The van der Waals surface area contributed by atoms with Crippen molar-refractivity contribution in [2.24, 2.45) is 0 Å². The van der Waals surface area contributed by atoms with Crippen molar-refractivity contribution in [1.29, 1.82) is 0 Å². The van der Waals surface area contributed by atoms with Crippen LogP contribution in [0.25, 0.3) is 0 Å². The summed E-state index contributed by atoms with van der Waals surface area (Å²) >= 11 is 0. The minimum absolute atomic E-state index is 0.107. The Morgan fingerprint density at radius 1 is 1.75 bits per heavy atom. The van der Waals surface area contributed by atoms with Gasteiger partial charge in [0.1, 0.15) is 6.10 Å². The van der Waals surface area contributed by atoms with E-state index < -0.39 is 17.3 Å². The number of ether oxygens (including phenoxy) is 1. The van der Waals surface area contributed by atoms with Crippen LogP contribution < -0.4 is 0 Å². The van der Waals surface area contributed by atoms with Gasteiger partial charge in [-0.2, -0.15) is 0 Å². The van der Waals surface area contributed by atoms with Crippen molar-refractivity contribution in [2.45, 2.75) is 19.4 Å². The second-order valence-corrected chi connectivity index (χ2v) is 2.04. The van der Waals surface area contributed by atoms with Gasteiger partial charge in [-0.1, -0.05) is 0 Å². The first-order valence-electron chi connectivity index (χ1n) is 3.19. The normalized spacial score (nSPS) is 11.8. The van der Waals surface area contributed by atoms with Crippen molar-refractivity contribution in [3.63, 3.8) is 0 Å². The number of hydrogen-bond donors (Lipinski definition) is 1. The third kappa shape index (κ3) is 6.59. The highest BCUT2D eigenvalue weighted by Gasteiger charge is 2.07. The molecule has 0 aliphatic carbocycles. The highest BCUT2D eigenvalue weighted by Crippen LogP contribution is 1.97. The van der Waals surface area contributed by atoms with Gasteiger partial charge in [0, 0.05) is 6.42 Å². The molecule has 12 heavy (non-hydrogen) atoms. The summed E-state index contributed by atoms with van der Waals surface area (Å²) in [5.41, 5.74) is 0. The zero-order valence-corrected chi connectivity index (χ0v) is 6.43. The van der Waals surface area contributed by atoms with Gasteiger partial charge in [-0.05, 0) is 6.92 Å². The number of hydrogen-bond acceptors (Lipinski definition) is 5. The maximum absolute atomic E-state index is 9.81. The molecule has 0 heterocycles. The molecule has 0 spiro atoms. The highest BCUT2D eigenvalue weighted by molar-refractivity contribution is 5.56. The first-order chi connectivity index (χ1) is 5.52. The van der Waals surface area contributed by atoms with Crippen molar-refractivity contribution in [1.82, 2.24) is 0 Å². The van der Waals surface area contributed by atoms with Crippen LogP contribution in [0.4, 0.5) is 4.79 Å². The quantitative estimate of drug-likeness (QED) is 0.378. The molecule has 1 atom stereocenters. The van der Waals surface area contributed by atoms with E-state index in [-0.39, 0.29) is 13.0 Å². The first-order valence-corrected chi connectivity index (χ1v) is 3.19. The zero-order valence-electron chi connectivity index (χ0n) is 6.43. The van der Waals surface area contributed by atoms with Crippen molar-refractivity contribution in [2.75, 3.05) is 6.61 Å². The van der Waals surface area contributed by atoms with Gasteiger partial charge in [0.25, 0.3) is 5.09 Å². The molecule has 0 aromatic carbocycles. The second-order valence-electron chi connectivity index (χ2n) is 2.04. The average molecular weight is 179 g/mol. The summed E-state index contributed by atoms with van der Waals surface area (Å²) in [6.45, 7) is 1.35. The van der Waals surface area contributed by atoms with E-state index in [0.29, 0.717) is 0 Å². The lowest BCUT2D eigenvalue weighted by molar-refractivity contribution is -0.767. The molecule has 1 unspecified atom stereocenters. The van der Waals surface area contributed by atoms with Crippen LogP contribution in [0.3, 0.4) is 0 Å². The Morgan fingerprint density at radius 2 is 2.33 bits per heavy atom. The van der Waals surface area contributed by atoms with Gasteiger partial charge < -0.3 is 14.7 Å². The molecule has 0 aromatic rings. The van der Waals surface area contributed by atoms with Gasteiger partial charge in [0.2, 0.25) is 0 Å². The summed E-state index contributed by atoms with van der Waals surface area (Å²) < 4.78 is 4.11. The van der Waals surface area contributed by atoms with Gasteiger partial charge in [0.15, 0.2) is 0 Å². The molecule has 0 aliphatic heterocycles. The Labute approximate surface area is 68.0 Å². The fourth-order valence-electron chi connectivity index (χ4n) is 0.512. The van der Waals surface area contributed by atoms with Crippen LogP contribution in [0.1, 0.15) is 13.3 Å². The summed E-state index contributed by atoms with van der Waals surface area (Å²) in [5.74, 6) is 0. The summed E-state index contributed by atoms with van der Waals surface area (Å²) in [6, 6.07) is 0. The molecule has 0 fully saturated rings. The van der Waals surface area contributed by atoms with Crippen molar-refractivity contribution in [3.05, 3.63) is 10.1 Å². The lowest BCUT2D eigenvalue weighted by atomic mass is 10.3. The maximum Gasteiger partial charge on any atom is 0.505 e. The molecule has 0 rings (SSSR count). The van der Waals surface area contributed by atoms with E-state index in [4.69, 9.17) is 5.11 Å². The van der Waals surface area contributed by atoms with Gasteiger partial charge >= 0.3 is 6.16 Å². The van der Waals surface area contributed by atoms with Crippen LogP contribution in [0, 0.1) is 10.1 Å². The Kier molecular flexibility index (Phi) is 4.51. The largest absolute Gasteiger partial charge is 0.505 e. The molecule has 0 amide bonds. The second kappa shape index (κ2) is 5.16. The number of carboxylic acid groups (broad SMARTS) is 1. The molecule has 0 aliphatic rings. The lowest BCUT2D eigenvalue weighted by Crippen LogP contribution is -2.16. The summed E-state index contributed by atoms with van der Waals surface area (Å²) in [6.07, 6.45) is -1.89. The molecule has 0 radical (unpaired) electrons. The fraction of sp³-hybridized carbons (Fsp3) is 0.800. The van der Waals surface area contributed by atoms with Crippen LogP contribution in [0.5, 0.6) is 0 Å². The predicted octanol–water partition coefficient (Wildman–Crippen LogP) is 0.668. The Balaban J connectivity index is 3.37. The predicted molar refractivity (Wildman–Crippen MR) is 36.1 cm³/mol. The average Bonchev–Trinajstić information content (AvgIpc) is 1.84. The van der Waals surface area contributed by atoms with E-state index in [0.717, 1.165) is 0 Å². The molecule has 70 valence electrons. The van der Waals surface area contributed by atoms with Gasteiger partial charge in [-0.25, -0.2) is 4.79 Å². The van der Waals surface area contributed by atoms with E-state index in [1.807, 2.05) is 0 Å². The summed E-state index contributed by atoms with van der Waals surface area (Å²) in [4.78, 5) is 23.6. The fourth-order valence-corrected chi connectivity index (χ4v) is 0.512. The molecule has 7 nitrogen and oxygen atoms in total. The SMILES string of the molecule is CC(CCOC(=O)O)O[N+](=O)[O-]. The minimum atomic E-state index is -1.40. The summed E-state index contributed by atoms with van der Waals surface area (Å²) in [5, 5.41) is 16.8. The van der Waals surface area contributed by atoms with E-state index in [2.05, 4.69) is 9.57 Å². The van der Waals surface area contributed by atoms with Crippen LogP contribution in [-0.2, 0) is 9.57 Å². The minimum Gasteiger partial charge on any atom is -0.450 e. The maximum atomic E-state index is 9.81. The van der Waals surface area contributed by atoms with Crippen LogP contribution in [0.2, 0.25) is 0 Å². The lowest BCUT2D eigenvalue weighted by Gasteiger charge is -2.07. The zero-order chi connectivity index (χ0) is 9.56. The molecule has 0 saturated heterocycles. The van der Waals surface area contributed by atoms with Crippen LogP contribution >= 0.6 is 0 Å². The van der Waals surface area contributed by atoms with Gasteiger partial charge in [-0.15, -0.1) is 10.1 Å². The van der Waals surface area contributed by atoms with E-state index >= 15 is 0 Å². The van der Waals surface area contributed by atoms with Crippen LogP contribution in [-0.4, -0.2) is 29.1 Å². The van der Waals surface area contributed by atoms with Crippen LogP contribution in [0.15, 0.2) is 0 Å². The van der Waals surface area contributed by atoms with Crippen molar-refractivity contribution < 1.29 is 24.6 Å². The van der Waals surface area contributed by atoms with Crippen molar-refractivity contribution >= 4 is 6.16 Å². The molecule has 1 N–H and O–H groups in total. The highest BCUT2D eigenvalue weighted by atomic mass is 17.0. The monoisotopic (exact) mass is 179 g/mol. The van der Waals surface area contributed by atoms with Gasteiger partial charge in [0.05, 0.1) is 6.61 Å². The standard InChI is InChI=1S/C5H9NO6/c1-4(12-6(9)10)2-3-11-5(7)8/h4H,2-3H2,1H3,(H,7,8). The van der Waals surface area contributed by atoms with E-state index in [1.165, 1.54) is 6.92 Å². The van der Waals surface area contributed by atoms with Gasteiger partial charge in [-0.3, -0.25) is 0 Å². The molecule has 0 aromatic heterocycles. The summed E-state index contributed by atoms with van der Waals surface area (Å²) in [7, 11) is 0. The Morgan fingerprint density at radius 3 is 2.75 bits per heavy atom. The Hall–Kier alpha value is -1.53. The molecule has 7 heteroatoms. The third-order valence-corrected chi connectivity index (χ3v) is 1.02. The molecule has 0 saturated carbocycles. The number of rotatable bonds is 5. The van der Waals surface area contributed by atoms with E-state index in [9.17, 15) is 14.9 Å². The topological polar surface area (TPSA) is 98.9 Å². The molecule has 0 bridgehead atoms. The number of nitrogens with zero attached hydrogens (tertiary/aromatic N) is 1. The molecular weight excluding hydrogens is 170 g/mol. The van der Waals surface area contributed by atoms with Crippen molar-refractivity contribution in [3.8, 4) is 0 Å². The number of carbonyl (C=O) groups is 1. The third-order valence-electron chi connectivity index (χ3n) is 1.02.